The van der Waals surface area contributed by atoms with Crippen LogP contribution in [0.4, 0.5) is 0 Å². The highest BCUT2D eigenvalue weighted by Crippen LogP contribution is 2.19. The van der Waals surface area contributed by atoms with Crippen molar-refractivity contribution in [3.63, 3.8) is 0 Å². The number of rotatable bonds is 5. The van der Waals surface area contributed by atoms with Gasteiger partial charge in [-0.05, 0) is 18.6 Å². The minimum absolute atomic E-state index is 0.425. The van der Waals surface area contributed by atoms with Gasteiger partial charge in [0, 0.05) is 24.3 Å². The van der Waals surface area contributed by atoms with Crippen molar-refractivity contribution in [2.75, 3.05) is 0 Å². The van der Waals surface area contributed by atoms with Crippen LogP contribution >= 0.6 is 0 Å². The molecule has 1 N–H and O–H groups in total. The van der Waals surface area contributed by atoms with Crippen molar-refractivity contribution in [2.24, 2.45) is 0 Å². The average molecular weight is 269 g/mol. The van der Waals surface area contributed by atoms with Crippen LogP contribution < -0.4 is 10.1 Å². The molecule has 3 rings (SSSR count). The number of nitrogens with zero attached hydrogens (tertiary/aromatic N) is 2. The number of aromatic nitrogens is 2. The summed E-state index contributed by atoms with van der Waals surface area (Å²) in [5.41, 5.74) is 3.60. The van der Waals surface area contributed by atoms with Crippen molar-refractivity contribution in [3.05, 3.63) is 53.1 Å². The molecule has 0 unspecified atom stereocenters. The van der Waals surface area contributed by atoms with Gasteiger partial charge in [0.1, 0.15) is 12.4 Å². The minimum Gasteiger partial charge on any atom is -0.486 e. The van der Waals surface area contributed by atoms with Gasteiger partial charge in [-0.1, -0.05) is 31.5 Å². The Morgan fingerprint density at radius 1 is 1.15 bits per heavy atom. The summed E-state index contributed by atoms with van der Waals surface area (Å²) in [6, 6.07) is 9.80. The molecule has 0 bridgehead atoms. The molecule has 0 spiro atoms. The van der Waals surface area contributed by atoms with Gasteiger partial charge in [-0.15, -0.1) is 0 Å². The van der Waals surface area contributed by atoms with Gasteiger partial charge in [0.15, 0.2) is 5.82 Å². The Hall–Kier alpha value is -1.94. The summed E-state index contributed by atoms with van der Waals surface area (Å²) in [6.45, 7) is 4.34. The van der Waals surface area contributed by atoms with E-state index in [9.17, 15) is 0 Å². The molecule has 0 radical (unpaired) electrons. The maximum atomic E-state index is 5.74. The maximum Gasteiger partial charge on any atom is 0.166 e. The SMILES string of the molecule is CCCc1nc(COc2ccccc2)nc2c1CNC2. The van der Waals surface area contributed by atoms with E-state index in [2.05, 4.69) is 22.2 Å². The second-order valence-corrected chi connectivity index (χ2v) is 4.97. The Bertz CT molecular complexity index is 584. The van der Waals surface area contributed by atoms with Crippen molar-refractivity contribution in [1.29, 1.82) is 0 Å². The third kappa shape index (κ3) is 2.80. The molecule has 0 atom stereocenters. The van der Waals surface area contributed by atoms with Crippen molar-refractivity contribution >= 4 is 0 Å². The second kappa shape index (κ2) is 6.01. The van der Waals surface area contributed by atoms with Crippen LogP contribution in [0.15, 0.2) is 30.3 Å². The van der Waals surface area contributed by atoms with E-state index in [1.165, 1.54) is 11.3 Å². The summed E-state index contributed by atoms with van der Waals surface area (Å²) in [5, 5.41) is 3.34. The van der Waals surface area contributed by atoms with Crippen LogP contribution in [-0.2, 0) is 26.1 Å². The lowest BCUT2D eigenvalue weighted by Gasteiger charge is -2.10. The molecule has 2 heterocycles. The standard InChI is InChI=1S/C16H19N3O/c1-2-6-14-13-9-17-10-15(13)19-16(18-14)11-20-12-7-4-3-5-8-12/h3-5,7-8,17H,2,6,9-11H2,1H3. The quantitative estimate of drug-likeness (QED) is 0.906. The zero-order valence-corrected chi connectivity index (χ0v) is 11.7. The number of nitrogens with one attached hydrogen (secondary N) is 1. The first-order valence-electron chi connectivity index (χ1n) is 7.13. The molecule has 4 nitrogen and oxygen atoms in total. The monoisotopic (exact) mass is 269 g/mol. The number of para-hydroxylation sites is 1. The molecule has 0 fully saturated rings. The lowest BCUT2D eigenvalue weighted by Crippen LogP contribution is -2.08. The Morgan fingerprint density at radius 3 is 2.80 bits per heavy atom. The predicted octanol–water partition coefficient (Wildman–Crippen LogP) is 2.61. The summed E-state index contributed by atoms with van der Waals surface area (Å²) in [6.07, 6.45) is 2.10. The predicted molar refractivity (Wildman–Crippen MR) is 77.3 cm³/mol. The van der Waals surface area contributed by atoms with E-state index in [1.54, 1.807) is 0 Å². The largest absolute Gasteiger partial charge is 0.486 e. The van der Waals surface area contributed by atoms with Gasteiger partial charge >= 0.3 is 0 Å². The number of benzene rings is 1. The molecule has 4 heteroatoms. The summed E-state index contributed by atoms with van der Waals surface area (Å²) in [5.74, 6) is 1.63. The van der Waals surface area contributed by atoms with Crippen molar-refractivity contribution < 1.29 is 4.74 Å². The number of fused-ring (bicyclic) bond motifs is 1. The van der Waals surface area contributed by atoms with Gasteiger partial charge in [0.2, 0.25) is 0 Å². The van der Waals surface area contributed by atoms with Crippen molar-refractivity contribution in [3.8, 4) is 5.75 Å². The maximum absolute atomic E-state index is 5.74. The van der Waals surface area contributed by atoms with Crippen molar-refractivity contribution in [2.45, 2.75) is 39.5 Å². The van der Waals surface area contributed by atoms with E-state index in [0.717, 1.165) is 43.2 Å². The fourth-order valence-electron chi connectivity index (χ4n) is 2.47. The highest BCUT2D eigenvalue weighted by atomic mass is 16.5. The molecular formula is C16H19N3O. The van der Waals surface area contributed by atoms with E-state index >= 15 is 0 Å². The molecule has 1 aromatic carbocycles. The van der Waals surface area contributed by atoms with E-state index in [1.807, 2.05) is 30.3 Å². The van der Waals surface area contributed by atoms with Gasteiger partial charge in [-0.3, -0.25) is 0 Å². The fraction of sp³-hybridized carbons (Fsp3) is 0.375. The molecule has 0 saturated heterocycles. The summed E-state index contributed by atoms with van der Waals surface area (Å²) >= 11 is 0. The Balaban J connectivity index is 1.78. The molecule has 1 aromatic heterocycles. The number of ether oxygens (including phenoxy) is 1. The zero-order valence-electron chi connectivity index (χ0n) is 11.7. The molecule has 104 valence electrons. The smallest absolute Gasteiger partial charge is 0.166 e. The molecule has 20 heavy (non-hydrogen) atoms. The van der Waals surface area contributed by atoms with Gasteiger partial charge in [0.25, 0.3) is 0 Å². The molecule has 0 aliphatic carbocycles. The first-order chi connectivity index (χ1) is 9.86. The normalized spacial score (nSPS) is 13.2. The topological polar surface area (TPSA) is 47.0 Å². The lowest BCUT2D eigenvalue weighted by molar-refractivity contribution is 0.295. The molecule has 0 amide bonds. The highest BCUT2D eigenvalue weighted by molar-refractivity contribution is 5.29. The third-order valence-corrected chi connectivity index (χ3v) is 3.42. The van der Waals surface area contributed by atoms with E-state index in [-0.39, 0.29) is 0 Å². The van der Waals surface area contributed by atoms with Crippen LogP contribution in [0.25, 0.3) is 0 Å². The Kier molecular flexibility index (Phi) is 3.92. The van der Waals surface area contributed by atoms with Crippen molar-refractivity contribution in [1.82, 2.24) is 15.3 Å². The summed E-state index contributed by atoms with van der Waals surface area (Å²) in [4.78, 5) is 9.29. The van der Waals surface area contributed by atoms with Crippen LogP contribution in [0, 0.1) is 0 Å². The van der Waals surface area contributed by atoms with Gasteiger partial charge in [0.05, 0.1) is 5.69 Å². The zero-order chi connectivity index (χ0) is 13.8. The fourth-order valence-corrected chi connectivity index (χ4v) is 2.47. The Labute approximate surface area is 119 Å². The van der Waals surface area contributed by atoms with E-state index in [4.69, 9.17) is 4.74 Å². The second-order valence-electron chi connectivity index (χ2n) is 4.97. The Morgan fingerprint density at radius 2 is 2.00 bits per heavy atom. The first-order valence-corrected chi connectivity index (χ1v) is 7.13. The van der Waals surface area contributed by atoms with Crippen LogP contribution in [0.3, 0.4) is 0 Å². The number of aryl methyl sites for hydroxylation is 1. The van der Waals surface area contributed by atoms with Crippen LogP contribution in [0.2, 0.25) is 0 Å². The minimum atomic E-state index is 0.425. The van der Waals surface area contributed by atoms with Crippen LogP contribution in [0.5, 0.6) is 5.75 Å². The van der Waals surface area contributed by atoms with E-state index in [0.29, 0.717) is 6.61 Å². The van der Waals surface area contributed by atoms with Gasteiger partial charge in [-0.2, -0.15) is 0 Å². The number of hydrogen-bond donors (Lipinski definition) is 1. The molecular weight excluding hydrogens is 250 g/mol. The van der Waals surface area contributed by atoms with Crippen LogP contribution in [-0.4, -0.2) is 9.97 Å². The highest BCUT2D eigenvalue weighted by Gasteiger charge is 2.18. The number of hydrogen-bond acceptors (Lipinski definition) is 4. The molecule has 1 aliphatic rings. The summed E-state index contributed by atoms with van der Waals surface area (Å²) in [7, 11) is 0. The lowest BCUT2D eigenvalue weighted by atomic mass is 10.1. The van der Waals surface area contributed by atoms with Crippen LogP contribution in [0.1, 0.15) is 36.1 Å². The van der Waals surface area contributed by atoms with Gasteiger partial charge < -0.3 is 10.1 Å². The first kappa shape index (κ1) is 13.1. The average Bonchev–Trinajstić information content (AvgIpc) is 2.95. The molecule has 1 aliphatic heterocycles. The summed E-state index contributed by atoms with van der Waals surface area (Å²) < 4.78 is 5.74. The van der Waals surface area contributed by atoms with E-state index < -0.39 is 0 Å². The van der Waals surface area contributed by atoms with Gasteiger partial charge in [-0.25, -0.2) is 9.97 Å². The molecule has 2 aromatic rings. The third-order valence-electron chi connectivity index (χ3n) is 3.42. The molecule has 0 saturated carbocycles.